The van der Waals surface area contributed by atoms with E-state index in [9.17, 15) is 9.59 Å². The maximum absolute atomic E-state index is 11.9. The summed E-state index contributed by atoms with van der Waals surface area (Å²) < 4.78 is 0. The van der Waals surface area contributed by atoms with Gasteiger partial charge in [0, 0.05) is 25.0 Å². The van der Waals surface area contributed by atoms with Crippen molar-refractivity contribution in [3.63, 3.8) is 0 Å². The SMILES string of the molecule is CCC(C)N(C)C(=O)NC(C)(C)CCC(=O)O. The van der Waals surface area contributed by atoms with Crippen molar-refractivity contribution in [2.24, 2.45) is 0 Å². The topological polar surface area (TPSA) is 69.6 Å². The van der Waals surface area contributed by atoms with Crippen LogP contribution in [0.1, 0.15) is 47.0 Å². The summed E-state index contributed by atoms with van der Waals surface area (Å²) in [6, 6.07) is 0.0139. The largest absolute Gasteiger partial charge is 0.481 e. The lowest BCUT2D eigenvalue weighted by Crippen LogP contribution is -2.51. The van der Waals surface area contributed by atoms with Crippen LogP contribution in [0.4, 0.5) is 4.79 Å². The average molecular weight is 244 g/mol. The monoisotopic (exact) mass is 244 g/mol. The van der Waals surface area contributed by atoms with Gasteiger partial charge in [0.05, 0.1) is 0 Å². The average Bonchev–Trinajstić information content (AvgIpc) is 2.23. The summed E-state index contributed by atoms with van der Waals surface area (Å²) in [6.45, 7) is 7.66. The molecule has 100 valence electrons. The molecule has 0 aromatic heterocycles. The molecule has 2 amide bonds. The smallest absolute Gasteiger partial charge is 0.317 e. The fourth-order valence-corrected chi connectivity index (χ4v) is 1.33. The van der Waals surface area contributed by atoms with Crippen LogP contribution >= 0.6 is 0 Å². The number of nitrogens with one attached hydrogen (secondary N) is 1. The van der Waals surface area contributed by atoms with Crippen LogP contribution in [0.5, 0.6) is 0 Å². The lowest BCUT2D eigenvalue weighted by Gasteiger charge is -2.31. The van der Waals surface area contributed by atoms with E-state index in [4.69, 9.17) is 5.11 Å². The lowest BCUT2D eigenvalue weighted by molar-refractivity contribution is -0.137. The molecule has 0 rings (SSSR count). The second-order valence-corrected chi connectivity index (χ2v) is 5.08. The van der Waals surface area contributed by atoms with Crippen molar-refractivity contribution in [2.45, 2.75) is 58.5 Å². The van der Waals surface area contributed by atoms with Crippen LogP contribution in [0, 0.1) is 0 Å². The molecule has 5 heteroatoms. The van der Waals surface area contributed by atoms with Crippen molar-refractivity contribution >= 4 is 12.0 Å². The van der Waals surface area contributed by atoms with Gasteiger partial charge in [0.2, 0.25) is 0 Å². The molecule has 2 N–H and O–H groups in total. The molecule has 0 aromatic carbocycles. The fourth-order valence-electron chi connectivity index (χ4n) is 1.33. The number of carbonyl (C=O) groups is 2. The lowest BCUT2D eigenvalue weighted by atomic mass is 9.99. The van der Waals surface area contributed by atoms with Crippen molar-refractivity contribution in [2.75, 3.05) is 7.05 Å². The molecule has 0 radical (unpaired) electrons. The molecule has 0 aliphatic heterocycles. The fraction of sp³-hybridized carbons (Fsp3) is 0.833. The van der Waals surface area contributed by atoms with Gasteiger partial charge >= 0.3 is 12.0 Å². The van der Waals surface area contributed by atoms with Gasteiger partial charge in [0.15, 0.2) is 0 Å². The van der Waals surface area contributed by atoms with Gasteiger partial charge in [-0.15, -0.1) is 0 Å². The van der Waals surface area contributed by atoms with E-state index < -0.39 is 11.5 Å². The highest BCUT2D eigenvalue weighted by molar-refractivity contribution is 5.75. The Hall–Kier alpha value is -1.26. The normalized spacial score (nSPS) is 13.0. The Morgan fingerprint density at radius 1 is 1.41 bits per heavy atom. The van der Waals surface area contributed by atoms with E-state index in [1.165, 1.54) is 0 Å². The Labute approximate surface area is 103 Å². The summed E-state index contributed by atoms with van der Waals surface area (Å²) in [7, 11) is 1.75. The summed E-state index contributed by atoms with van der Waals surface area (Å²) in [5.41, 5.74) is -0.503. The maximum Gasteiger partial charge on any atom is 0.317 e. The second kappa shape index (κ2) is 6.47. The number of carboxylic acids is 1. The molecule has 17 heavy (non-hydrogen) atoms. The second-order valence-electron chi connectivity index (χ2n) is 5.08. The van der Waals surface area contributed by atoms with Crippen molar-refractivity contribution in [3.8, 4) is 0 Å². The van der Waals surface area contributed by atoms with Crippen molar-refractivity contribution in [1.29, 1.82) is 0 Å². The molecular weight excluding hydrogens is 220 g/mol. The Morgan fingerprint density at radius 2 is 1.94 bits per heavy atom. The van der Waals surface area contributed by atoms with Gasteiger partial charge in [-0.1, -0.05) is 6.92 Å². The zero-order valence-corrected chi connectivity index (χ0v) is 11.4. The number of amides is 2. The third-order valence-electron chi connectivity index (χ3n) is 2.98. The summed E-state index contributed by atoms with van der Waals surface area (Å²) in [6.07, 6.45) is 1.36. The van der Waals surface area contributed by atoms with Gasteiger partial charge in [-0.2, -0.15) is 0 Å². The number of carboxylic acid groups (broad SMARTS) is 1. The van der Waals surface area contributed by atoms with E-state index >= 15 is 0 Å². The first-order valence-electron chi connectivity index (χ1n) is 5.96. The minimum absolute atomic E-state index is 0.0559. The van der Waals surface area contributed by atoms with Gasteiger partial charge in [0.1, 0.15) is 0 Å². The maximum atomic E-state index is 11.9. The molecule has 0 saturated carbocycles. The van der Waals surface area contributed by atoms with Gasteiger partial charge < -0.3 is 15.3 Å². The van der Waals surface area contributed by atoms with E-state index in [1.807, 2.05) is 27.7 Å². The Morgan fingerprint density at radius 3 is 2.35 bits per heavy atom. The molecule has 0 aliphatic rings. The molecule has 1 unspecified atom stereocenters. The number of rotatable bonds is 6. The molecule has 5 nitrogen and oxygen atoms in total. The van der Waals surface area contributed by atoms with Crippen molar-refractivity contribution in [1.82, 2.24) is 10.2 Å². The first kappa shape index (κ1) is 15.7. The number of nitrogens with zero attached hydrogens (tertiary/aromatic N) is 1. The Kier molecular flexibility index (Phi) is 5.99. The Balaban J connectivity index is 4.30. The number of urea groups is 1. The highest BCUT2D eigenvalue weighted by atomic mass is 16.4. The van der Waals surface area contributed by atoms with Crippen LogP contribution in [-0.2, 0) is 4.79 Å². The highest BCUT2D eigenvalue weighted by Gasteiger charge is 2.24. The number of carbonyl (C=O) groups excluding carboxylic acids is 1. The minimum atomic E-state index is -0.845. The third-order valence-corrected chi connectivity index (χ3v) is 2.98. The van der Waals surface area contributed by atoms with Gasteiger partial charge in [0.25, 0.3) is 0 Å². The Bertz CT molecular complexity index is 277. The highest BCUT2D eigenvalue weighted by Crippen LogP contribution is 2.12. The van der Waals surface area contributed by atoms with E-state index in [0.717, 1.165) is 6.42 Å². The van der Waals surface area contributed by atoms with Crippen LogP contribution < -0.4 is 5.32 Å². The quantitative estimate of drug-likeness (QED) is 0.751. The molecular formula is C12H24N2O3. The first-order valence-corrected chi connectivity index (χ1v) is 5.96. The van der Waals surface area contributed by atoms with Gasteiger partial charge in [-0.05, 0) is 33.6 Å². The summed E-state index contributed by atoms with van der Waals surface area (Å²) >= 11 is 0. The van der Waals surface area contributed by atoms with Crippen LogP contribution in [-0.4, -0.2) is 40.6 Å². The molecule has 0 fully saturated rings. The van der Waals surface area contributed by atoms with Crippen LogP contribution in [0.25, 0.3) is 0 Å². The first-order chi connectivity index (χ1) is 7.69. The number of aliphatic carboxylic acids is 1. The predicted octanol–water partition coefficient (Wildman–Crippen LogP) is 2.07. The van der Waals surface area contributed by atoms with Crippen LogP contribution in [0.3, 0.4) is 0 Å². The van der Waals surface area contributed by atoms with Crippen LogP contribution in [0.2, 0.25) is 0 Å². The number of hydrogen-bond acceptors (Lipinski definition) is 2. The summed E-state index contributed by atoms with van der Waals surface area (Å²) in [5.74, 6) is -0.845. The van der Waals surface area contributed by atoms with E-state index in [1.54, 1.807) is 11.9 Å². The number of hydrogen-bond donors (Lipinski definition) is 2. The van der Waals surface area contributed by atoms with Crippen molar-refractivity contribution in [3.05, 3.63) is 0 Å². The molecule has 1 atom stereocenters. The molecule has 0 bridgehead atoms. The van der Waals surface area contributed by atoms with E-state index in [-0.39, 0.29) is 18.5 Å². The summed E-state index contributed by atoms with van der Waals surface area (Å²) in [5, 5.41) is 11.5. The molecule has 0 aromatic rings. The van der Waals surface area contributed by atoms with E-state index in [0.29, 0.717) is 6.42 Å². The van der Waals surface area contributed by atoms with Gasteiger partial charge in [-0.25, -0.2) is 4.79 Å². The summed E-state index contributed by atoms with van der Waals surface area (Å²) in [4.78, 5) is 24.0. The molecule has 0 spiro atoms. The zero-order valence-electron chi connectivity index (χ0n) is 11.4. The van der Waals surface area contributed by atoms with Gasteiger partial charge in [-0.3, -0.25) is 4.79 Å². The molecule has 0 heterocycles. The predicted molar refractivity (Wildman–Crippen MR) is 67.0 cm³/mol. The standard InChI is InChI=1S/C12H24N2O3/c1-6-9(2)14(5)11(17)13-12(3,4)8-7-10(15)16/h9H,6-8H2,1-5H3,(H,13,17)(H,15,16). The van der Waals surface area contributed by atoms with Crippen LogP contribution in [0.15, 0.2) is 0 Å². The van der Waals surface area contributed by atoms with Crippen molar-refractivity contribution < 1.29 is 14.7 Å². The molecule has 0 aliphatic carbocycles. The minimum Gasteiger partial charge on any atom is -0.481 e. The zero-order chi connectivity index (χ0) is 13.6. The third kappa shape index (κ3) is 6.14. The van der Waals surface area contributed by atoms with E-state index in [2.05, 4.69) is 5.32 Å². The molecule has 0 saturated heterocycles.